The van der Waals surface area contributed by atoms with E-state index in [2.05, 4.69) is 11.3 Å². The maximum atomic E-state index is 9.84. The van der Waals surface area contributed by atoms with E-state index < -0.39 is 5.97 Å². The Morgan fingerprint density at radius 1 is 1.86 bits per heavy atom. The van der Waals surface area contributed by atoms with E-state index in [-0.39, 0.29) is 40.4 Å². The van der Waals surface area contributed by atoms with Crippen LogP contribution in [0.4, 0.5) is 0 Å². The fourth-order valence-corrected chi connectivity index (χ4v) is 0.0833. The van der Waals surface area contributed by atoms with Crippen LogP contribution in [0, 0.1) is 40.4 Å². The smallest absolute Gasteiger partial charge is 0.329 e. The summed E-state index contributed by atoms with van der Waals surface area (Å²) < 4.78 is 4.14. The molecule has 0 heterocycles. The van der Waals surface area contributed by atoms with Gasteiger partial charge in [0.1, 0.15) is 0 Å². The summed E-state index contributed by atoms with van der Waals surface area (Å²) in [4.78, 5) is 9.84. The monoisotopic (exact) mass is 238 g/mol. The summed E-state index contributed by atoms with van der Waals surface area (Å²) in [5.74, 6) is -0.394. The van der Waals surface area contributed by atoms with Gasteiger partial charge >= 0.3 is 5.97 Å². The van der Waals surface area contributed by atoms with Crippen LogP contribution in [-0.2, 0) is 9.53 Å². The molecule has 0 saturated heterocycles. The van der Waals surface area contributed by atoms with E-state index in [9.17, 15) is 4.79 Å². The van der Waals surface area contributed by atoms with Gasteiger partial charge in [-0.05, 0) is 0 Å². The summed E-state index contributed by atoms with van der Waals surface area (Å²) in [5.41, 5.74) is 0. The molecule has 0 radical (unpaired) electrons. The van der Waals surface area contributed by atoms with Gasteiger partial charge in [0.2, 0.25) is 0 Å². The van der Waals surface area contributed by atoms with E-state index in [4.69, 9.17) is 0 Å². The maximum absolute atomic E-state index is 9.84. The average Bonchev–Trinajstić information content (AvgIpc) is 1.65. The number of methoxy groups -OCH3 is 1. The molecule has 2 nitrogen and oxygen atoms in total. The molecule has 40 valence electrons. The molecule has 0 atom stereocenters. The van der Waals surface area contributed by atoms with Crippen LogP contribution in [0.1, 0.15) is 0 Å². The Kier molecular flexibility index (Phi) is 9.83. The summed E-state index contributed by atoms with van der Waals surface area (Å²) >= 11 is 0. The molecular weight excluding hydrogens is 230 g/mol. The van der Waals surface area contributed by atoms with Gasteiger partial charge in [-0.25, -0.2) is 4.79 Å². The maximum Gasteiger partial charge on any atom is 0.329 e. The molecule has 0 aliphatic heterocycles. The molecule has 0 rings (SSSR count). The molecule has 0 amide bonds. The minimum absolute atomic E-state index is 0. The second-order valence-electron chi connectivity index (χ2n) is 0.727. The molecule has 0 aromatic rings. The minimum Gasteiger partial charge on any atom is -0.466 e. The van der Waals surface area contributed by atoms with Crippen molar-refractivity contribution in [3.8, 4) is 0 Å². The van der Waals surface area contributed by atoms with Crippen LogP contribution in [0.5, 0.6) is 0 Å². The molecule has 0 unspecified atom stereocenters. The van der Waals surface area contributed by atoms with Crippen molar-refractivity contribution in [3.63, 3.8) is 0 Å². The summed E-state index contributed by atoms with van der Waals surface area (Å²) in [6, 6.07) is 0. The molecule has 0 saturated carbocycles. The van der Waals surface area contributed by atoms with Crippen molar-refractivity contribution in [2.24, 2.45) is 0 Å². The van der Waals surface area contributed by atoms with Crippen molar-refractivity contribution in [1.82, 2.24) is 0 Å². The van der Waals surface area contributed by atoms with Gasteiger partial charge < -0.3 is 4.74 Å². The summed E-state index contributed by atoms with van der Waals surface area (Å²) in [5, 5.41) is 0. The molecule has 0 aliphatic carbocycles. The zero-order valence-electron chi connectivity index (χ0n) is 4.01. The van der Waals surface area contributed by atoms with Crippen LogP contribution < -0.4 is 0 Å². The van der Waals surface area contributed by atoms with Crippen LogP contribution in [0.2, 0.25) is 0 Å². The van der Waals surface area contributed by atoms with E-state index in [0.717, 1.165) is 6.08 Å². The summed E-state index contributed by atoms with van der Waals surface area (Å²) in [6.07, 6.45) is 1.11. The molecule has 0 aromatic carbocycles. The van der Waals surface area contributed by atoms with E-state index in [1.807, 2.05) is 0 Å². The minimum atomic E-state index is -0.394. The summed E-state index contributed by atoms with van der Waals surface area (Å²) in [6.45, 7) is 3.16. The Labute approximate surface area is 75.0 Å². The number of hydrogen-bond acceptors (Lipinski definition) is 2. The zero-order valence-corrected chi connectivity index (χ0v) is 6.63. The van der Waals surface area contributed by atoms with Gasteiger partial charge in [0.15, 0.2) is 0 Å². The SMILES string of the molecule is C=CC(=O)OC.[Sm]. The van der Waals surface area contributed by atoms with Crippen molar-refractivity contribution >= 4 is 5.97 Å². The quantitative estimate of drug-likeness (QED) is 0.485. The molecule has 3 heteroatoms. The molecule has 0 N–H and O–H groups in total. The second-order valence-corrected chi connectivity index (χ2v) is 0.727. The predicted octanol–water partition coefficient (Wildman–Crippen LogP) is 0.345. The van der Waals surface area contributed by atoms with Crippen molar-refractivity contribution in [2.45, 2.75) is 0 Å². The van der Waals surface area contributed by atoms with E-state index in [0.29, 0.717) is 0 Å². The number of esters is 1. The first-order valence-corrected chi connectivity index (χ1v) is 1.51. The van der Waals surface area contributed by atoms with Crippen LogP contribution >= 0.6 is 0 Å². The van der Waals surface area contributed by atoms with Crippen LogP contribution in [-0.4, -0.2) is 13.1 Å². The zero-order chi connectivity index (χ0) is 4.99. The van der Waals surface area contributed by atoms with Crippen molar-refractivity contribution in [2.75, 3.05) is 7.11 Å². The first kappa shape index (κ1) is 10.5. The fraction of sp³-hybridized carbons (Fsp3) is 0.250. The first-order chi connectivity index (χ1) is 2.81. The number of carbonyl (C=O) groups excluding carboxylic acids is 1. The van der Waals surface area contributed by atoms with Gasteiger partial charge in [-0.2, -0.15) is 0 Å². The van der Waals surface area contributed by atoms with Crippen LogP contribution in [0.15, 0.2) is 12.7 Å². The van der Waals surface area contributed by atoms with Gasteiger partial charge in [-0.15, -0.1) is 0 Å². The number of carbonyl (C=O) groups is 1. The number of ether oxygens (including phenoxy) is 1. The van der Waals surface area contributed by atoms with E-state index in [1.165, 1.54) is 7.11 Å². The number of hydrogen-bond donors (Lipinski definition) is 0. The third kappa shape index (κ3) is 6.55. The normalized spacial score (nSPS) is 5.86. The Bertz CT molecular complexity index is 70.1. The van der Waals surface area contributed by atoms with Crippen molar-refractivity contribution in [3.05, 3.63) is 12.7 Å². The standard InChI is InChI=1S/C4H6O2.Sm/c1-3-4(5)6-2;/h3H,1H2,2H3;. The third-order valence-electron chi connectivity index (χ3n) is 0.368. The fourth-order valence-electron chi connectivity index (χ4n) is 0.0833. The van der Waals surface area contributed by atoms with Crippen LogP contribution in [0.3, 0.4) is 0 Å². The van der Waals surface area contributed by atoms with Gasteiger partial charge in [-0.3, -0.25) is 0 Å². The average molecular weight is 236 g/mol. The second kappa shape index (κ2) is 6.55. The first-order valence-electron chi connectivity index (χ1n) is 1.51. The predicted molar refractivity (Wildman–Crippen MR) is 22.2 cm³/mol. The van der Waals surface area contributed by atoms with Crippen molar-refractivity contribution < 1.29 is 49.9 Å². The Balaban J connectivity index is 0. The van der Waals surface area contributed by atoms with Gasteiger partial charge in [0.05, 0.1) is 7.11 Å². The molecular formula is C4H6O2Sm. The molecule has 0 aromatic heterocycles. The van der Waals surface area contributed by atoms with Gasteiger partial charge in [-0.1, -0.05) is 6.58 Å². The van der Waals surface area contributed by atoms with Gasteiger partial charge in [0.25, 0.3) is 0 Å². The third-order valence-corrected chi connectivity index (χ3v) is 0.368. The van der Waals surface area contributed by atoms with Gasteiger partial charge in [0, 0.05) is 46.5 Å². The van der Waals surface area contributed by atoms with Crippen LogP contribution in [0.25, 0.3) is 0 Å². The summed E-state index contributed by atoms with van der Waals surface area (Å²) in [7, 11) is 1.31. The van der Waals surface area contributed by atoms with E-state index in [1.54, 1.807) is 0 Å². The van der Waals surface area contributed by atoms with E-state index >= 15 is 0 Å². The molecule has 0 spiro atoms. The molecule has 0 bridgehead atoms. The molecule has 0 fully saturated rings. The number of rotatable bonds is 1. The molecule has 0 aliphatic rings. The topological polar surface area (TPSA) is 26.3 Å². The Morgan fingerprint density at radius 3 is 2.29 bits per heavy atom. The Hall–Kier alpha value is 0.548. The van der Waals surface area contributed by atoms with Crippen molar-refractivity contribution in [1.29, 1.82) is 0 Å². The molecule has 7 heavy (non-hydrogen) atoms. The largest absolute Gasteiger partial charge is 0.466 e. The Morgan fingerprint density at radius 2 is 2.29 bits per heavy atom.